The summed E-state index contributed by atoms with van der Waals surface area (Å²) in [5.41, 5.74) is 1.25. The molecular weight excluding hydrogens is 256 g/mol. The molecule has 0 aromatic heterocycles. The van der Waals surface area contributed by atoms with Crippen molar-refractivity contribution in [2.75, 3.05) is 12.4 Å². The summed E-state index contributed by atoms with van der Waals surface area (Å²) in [5.74, 6) is -0.730. The number of hydrogen-bond acceptors (Lipinski definition) is 2. The first kappa shape index (κ1) is 16.0. The van der Waals surface area contributed by atoms with Crippen molar-refractivity contribution in [2.24, 2.45) is 5.92 Å². The van der Waals surface area contributed by atoms with Gasteiger partial charge in [0.1, 0.15) is 0 Å². The summed E-state index contributed by atoms with van der Waals surface area (Å²) < 4.78 is 0. The number of nitrogens with one attached hydrogen (secondary N) is 1. The molecule has 0 aliphatic rings. The van der Waals surface area contributed by atoms with E-state index in [4.69, 9.17) is 0 Å². The van der Waals surface area contributed by atoms with Crippen LogP contribution in [0, 0.1) is 12.8 Å². The Morgan fingerprint density at radius 2 is 1.85 bits per heavy atom. The highest BCUT2D eigenvalue weighted by molar-refractivity contribution is 6.00. The summed E-state index contributed by atoms with van der Waals surface area (Å²) in [4.78, 5) is 24.9. The zero-order chi connectivity index (χ0) is 15.4. The fourth-order valence-corrected chi connectivity index (χ4v) is 1.78. The Hall–Kier alpha value is -2.04. The zero-order valence-electron chi connectivity index (χ0n) is 12.6. The number of aromatic carboxylic acids is 1. The molecule has 1 rings (SSSR count). The van der Waals surface area contributed by atoms with Gasteiger partial charge in [0, 0.05) is 13.1 Å². The Morgan fingerprint density at radius 3 is 2.35 bits per heavy atom. The standard InChI is InChI=1S/C15H22N2O3/c1-9(2)11(4)17(5)15(20)16-13-7-6-10(3)8-12(13)14(18)19/h6-9,11H,1-5H3,(H,16,20)(H,18,19). The number of nitrogens with zero attached hydrogens (tertiary/aromatic N) is 1. The van der Waals surface area contributed by atoms with Crippen molar-refractivity contribution in [3.05, 3.63) is 29.3 Å². The number of amides is 2. The van der Waals surface area contributed by atoms with Gasteiger partial charge >= 0.3 is 12.0 Å². The van der Waals surface area contributed by atoms with Gasteiger partial charge in [0.25, 0.3) is 0 Å². The van der Waals surface area contributed by atoms with Gasteiger partial charge in [0.05, 0.1) is 11.3 Å². The number of aryl methyl sites for hydroxylation is 1. The Kier molecular flexibility index (Phi) is 5.13. The van der Waals surface area contributed by atoms with Crippen LogP contribution in [-0.4, -0.2) is 35.1 Å². The summed E-state index contributed by atoms with van der Waals surface area (Å²) >= 11 is 0. The maximum absolute atomic E-state index is 12.1. The molecule has 20 heavy (non-hydrogen) atoms. The van der Waals surface area contributed by atoms with E-state index in [9.17, 15) is 14.7 Å². The minimum Gasteiger partial charge on any atom is -0.478 e. The number of carbonyl (C=O) groups is 2. The van der Waals surface area contributed by atoms with Crippen molar-refractivity contribution in [2.45, 2.75) is 33.7 Å². The van der Waals surface area contributed by atoms with Gasteiger partial charge in [0.15, 0.2) is 0 Å². The summed E-state index contributed by atoms with van der Waals surface area (Å²) in [7, 11) is 1.70. The van der Waals surface area contributed by atoms with Crippen LogP contribution in [0.5, 0.6) is 0 Å². The largest absolute Gasteiger partial charge is 0.478 e. The molecule has 0 bridgehead atoms. The van der Waals surface area contributed by atoms with Crippen LogP contribution in [0.25, 0.3) is 0 Å². The van der Waals surface area contributed by atoms with Gasteiger partial charge in [-0.25, -0.2) is 9.59 Å². The van der Waals surface area contributed by atoms with Crippen molar-refractivity contribution in [3.8, 4) is 0 Å². The summed E-state index contributed by atoms with van der Waals surface area (Å²) in [6.07, 6.45) is 0. The Morgan fingerprint density at radius 1 is 1.25 bits per heavy atom. The highest BCUT2D eigenvalue weighted by Crippen LogP contribution is 2.19. The van der Waals surface area contributed by atoms with E-state index in [0.29, 0.717) is 11.6 Å². The quantitative estimate of drug-likeness (QED) is 0.888. The number of carboxylic acid groups (broad SMARTS) is 1. The fourth-order valence-electron chi connectivity index (χ4n) is 1.78. The normalized spacial score (nSPS) is 12.1. The molecule has 5 nitrogen and oxygen atoms in total. The van der Waals surface area contributed by atoms with Crippen LogP contribution in [0.1, 0.15) is 36.7 Å². The van der Waals surface area contributed by atoms with Crippen LogP contribution in [-0.2, 0) is 0 Å². The van der Waals surface area contributed by atoms with E-state index in [-0.39, 0.29) is 17.6 Å². The molecule has 0 aliphatic carbocycles. The van der Waals surface area contributed by atoms with Crippen LogP contribution in [0.2, 0.25) is 0 Å². The second kappa shape index (κ2) is 6.41. The molecule has 2 N–H and O–H groups in total. The van der Waals surface area contributed by atoms with Crippen molar-refractivity contribution in [3.63, 3.8) is 0 Å². The van der Waals surface area contributed by atoms with Crippen molar-refractivity contribution < 1.29 is 14.7 Å². The lowest BCUT2D eigenvalue weighted by molar-refractivity contribution is 0.0698. The number of rotatable bonds is 4. The third-order valence-electron chi connectivity index (χ3n) is 3.54. The van der Waals surface area contributed by atoms with Crippen LogP contribution < -0.4 is 5.32 Å². The van der Waals surface area contributed by atoms with E-state index < -0.39 is 5.97 Å². The van der Waals surface area contributed by atoms with Gasteiger partial charge < -0.3 is 15.3 Å². The first-order valence-electron chi connectivity index (χ1n) is 6.61. The lowest BCUT2D eigenvalue weighted by atomic mass is 10.1. The fraction of sp³-hybridized carbons (Fsp3) is 0.467. The second-order valence-corrected chi connectivity index (χ2v) is 5.38. The van der Waals surface area contributed by atoms with E-state index in [2.05, 4.69) is 5.32 Å². The van der Waals surface area contributed by atoms with E-state index in [0.717, 1.165) is 5.56 Å². The summed E-state index contributed by atoms with van der Waals surface area (Å²) in [6.45, 7) is 7.83. The van der Waals surface area contributed by atoms with E-state index in [1.807, 2.05) is 27.7 Å². The van der Waals surface area contributed by atoms with Crippen LogP contribution in [0.15, 0.2) is 18.2 Å². The Bertz CT molecular complexity index is 512. The highest BCUT2D eigenvalue weighted by atomic mass is 16.4. The summed E-state index contributed by atoms with van der Waals surface area (Å²) in [6, 6.07) is 4.69. The van der Waals surface area contributed by atoms with Gasteiger partial charge in [-0.15, -0.1) is 0 Å². The lowest BCUT2D eigenvalue weighted by Crippen LogP contribution is -2.41. The number of benzene rings is 1. The van der Waals surface area contributed by atoms with Crippen LogP contribution in [0.3, 0.4) is 0 Å². The van der Waals surface area contributed by atoms with Crippen molar-refractivity contribution in [1.29, 1.82) is 0 Å². The summed E-state index contributed by atoms with van der Waals surface area (Å²) in [5, 5.41) is 11.8. The number of carboxylic acids is 1. The first-order valence-corrected chi connectivity index (χ1v) is 6.61. The maximum Gasteiger partial charge on any atom is 0.337 e. The van der Waals surface area contributed by atoms with Crippen LogP contribution >= 0.6 is 0 Å². The smallest absolute Gasteiger partial charge is 0.337 e. The number of urea groups is 1. The molecule has 0 fully saturated rings. The third kappa shape index (κ3) is 3.73. The molecule has 1 aromatic carbocycles. The lowest BCUT2D eigenvalue weighted by Gasteiger charge is -2.28. The zero-order valence-corrected chi connectivity index (χ0v) is 12.6. The van der Waals surface area contributed by atoms with E-state index in [1.54, 1.807) is 30.1 Å². The van der Waals surface area contributed by atoms with E-state index in [1.165, 1.54) is 0 Å². The molecule has 5 heteroatoms. The first-order chi connectivity index (χ1) is 9.23. The van der Waals surface area contributed by atoms with Gasteiger partial charge in [-0.3, -0.25) is 0 Å². The predicted octanol–water partition coefficient (Wildman–Crippen LogP) is 3.20. The van der Waals surface area contributed by atoms with Crippen molar-refractivity contribution >= 4 is 17.7 Å². The molecule has 1 unspecified atom stereocenters. The molecule has 2 amide bonds. The molecule has 0 radical (unpaired) electrons. The number of hydrogen-bond donors (Lipinski definition) is 2. The minimum absolute atomic E-state index is 0.0636. The minimum atomic E-state index is -1.05. The molecule has 110 valence electrons. The molecular formula is C15H22N2O3. The average Bonchev–Trinajstić information content (AvgIpc) is 2.38. The third-order valence-corrected chi connectivity index (χ3v) is 3.54. The SMILES string of the molecule is Cc1ccc(NC(=O)N(C)C(C)C(C)C)c(C(=O)O)c1. The van der Waals surface area contributed by atoms with Crippen LogP contribution in [0.4, 0.5) is 10.5 Å². The Balaban J connectivity index is 2.94. The number of carbonyl (C=O) groups excluding carboxylic acids is 1. The molecule has 0 saturated carbocycles. The molecule has 0 spiro atoms. The van der Waals surface area contributed by atoms with Crippen molar-refractivity contribution in [1.82, 2.24) is 4.90 Å². The highest BCUT2D eigenvalue weighted by Gasteiger charge is 2.20. The van der Waals surface area contributed by atoms with Gasteiger partial charge in [-0.2, -0.15) is 0 Å². The molecule has 0 saturated heterocycles. The molecule has 0 heterocycles. The number of anilines is 1. The topological polar surface area (TPSA) is 69.6 Å². The maximum atomic E-state index is 12.1. The van der Waals surface area contributed by atoms with Gasteiger partial charge in [-0.1, -0.05) is 25.5 Å². The Labute approximate surface area is 119 Å². The average molecular weight is 278 g/mol. The molecule has 1 aromatic rings. The molecule has 0 aliphatic heterocycles. The van der Waals surface area contributed by atoms with Gasteiger partial charge in [-0.05, 0) is 31.9 Å². The van der Waals surface area contributed by atoms with Gasteiger partial charge in [0.2, 0.25) is 0 Å². The predicted molar refractivity (Wildman–Crippen MR) is 79.2 cm³/mol. The van der Waals surface area contributed by atoms with E-state index >= 15 is 0 Å². The monoisotopic (exact) mass is 278 g/mol. The second-order valence-electron chi connectivity index (χ2n) is 5.38. The molecule has 1 atom stereocenters.